The number of urea groups is 1. The fraction of sp³-hybridized carbons (Fsp3) is 0.214. The molecular weight excluding hydrogens is 289 g/mol. The average Bonchev–Trinajstić information content (AvgIpc) is 3.04. The Hall–Kier alpha value is -2.90. The minimum absolute atomic E-state index is 0.115. The number of amides is 3. The number of aromatic nitrogens is 2. The Morgan fingerprint density at radius 1 is 1.32 bits per heavy atom. The zero-order valence-electron chi connectivity index (χ0n) is 12.0. The van der Waals surface area contributed by atoms with Crippen LogP contribution in [0.4, 0.5) is 9.18 Å². The molecule has 2 rings (SSSR count). The smallest absolute Gasteiger partial charge is 0.315 e. The molecule has 0 spiro atoms. The number of hydrogen-bond acceptors (Lipinski definition) is 3. The van der Waals surface area contributed by atoms with Crippen LogP contribution in [0.2, 0.25) is 0 Å². The first-order chi connectivity index (χ1) is 10.6. The minimum Gasteiger partial charge on any atom is -0.358 e. The number of hydrogen-bond donors (Lipinski definition) is 3. The van der Waals surface area contributed by atoms with Crippen LogP contribution in [-0.2, 0) is 11.3 Å². The molecule has 0 aliphatic heterocycles. The number of carbonyl (C=O) groups excluding carboxylic acids is 2. The number of halogens is 1. The van der Waals surface area contributed by atoms with E-state index >= 15 is 0 Å². The first-order valence-electron chi connectivity index (χ1n) is 6.59. The molecule has 2 aromatic rings. The van der Waals surface area contributed by atoms with Gasteiger partial charge < -0.3 is 20.5 Å². The Labute approximate surface area is 126 Å². The van der Waals surface area contributed by atoms with Gasteiger partial charge in [-0.3, -0.25) is 4.79 Å². The summed E-state index contributed by atoms with van der Waals surface area (Å²) in [6, 6.07) is 4.16. The fourth-order valence-corrected chi connectivity index (χ4v) is 1.77. The molecule has 0 saturated heterocycles. The molecule has 0 aliphatic rings. The molecule has 0 fully saturated rings. The van der Waals surface area contributed by atoms with E-state index in [1.165, 1.54) is 19.4 Å². The van der Waals surface area contributed by atoms with Crippen molar-refractivity contribution in [1.82, 2.24) is 25.5 Å². The van der Waals surface area contributed by atoms with Gasteiger partial charge >= 0.3 is 6.03 Å². The standard InChI is InChI=1S/C14H16FN5O2/c1-16-13(21)8-19-14(22)18-7-10-2-3-12(11(15)6-10)20-5-4-17-9-20/h2-6,9H,7-8H2,1H3,(H,16,21)(H2,18,19,22). The molecule has 0 bridgehead atoms. The van der Waals surface area contributed by atoms with Crippen molar-refractivity contribution in [3.05, 3.63) is 48.3 Å². The highest BCUT2D eigenvalue weighted by atomic mass is 19.1. The summed E-state index contributed by atoms with van der Waals surface area (Å²) in [6.45, 7) is 0.0387. The summed E-state index contributed by atoms with van der Waals surface area (Å²) in [5.74, 6) is -0.714. The number of nitrogens with one attached hydrogen (secondary N) is 3. The van der Waals surface area contributed by atoms with Gasteiger partial charge in [0, 0.05) is 26.0 Å². The number of likely N-dealkylation sites (N-methyl/N-ethyl adjacent to an activating group) is 1. The fourth-order valence-electron chi connectivity index (χ4n) is 1.77. The Balaban J connectivity index is 1.90. The van der Waals surface area contributed by atoms with Gasteiger partial charge in [0.25, 0.3) is 0 Å². The second kappa shape index (κ2) is 7.21. The van der Waals surface area contributed by atoms with E-state index in [0.29, 0.717) is 11.3 Å². The van der Waals surface area contributed by atoms with Crippen molar-refractivity contribution in [2.75, 3.05) is 13.6 Å². The number of imidazole rings is 1. The summed E-state index contributed by atoms with van der Waals surface area (Å²) in [4.78, 5) is 26.3. The van der Waals surface area contributed by atoms with Crippen LogP contribution in [0.5, 0.6) is 0 Å². The largest absolute Gasteiger partial charge is 0.358 e. The predicted octanol–water partition coefficient (Wildman–Crippen LogP) is 0.557. The first kappa shape index (κ1) is 15.5. The van der Waals surface area contributed by atoms with Crippen molar-refractivity contribution in [3.63, 3.8) is 0 Å². The monoisotopic (exact) mass is 305 g/mol. The predicted molar refractivity (Wildman–Crippen MR) is 77.8 cm³/mol. The quantitative estimate of drug-likeness (QED) is 0.754. The van der Waals surface area contributed by atoms with Crippen LogP contribution in [0.1, 0.15) is 5.56 Å². The Kier molecular flexibility index (Phi) is 5.07. The molecule has 3 amide bonds. The van der Waals surface area contributed by atoms with Crippen LogP contribution in [0.3, 0.4) is 0 Å². The topological polar surface area (TPSA) is 88.0 Å². The van der Waals surface area contributed by atoms with E-state index in [1.54, 1.807) is 29.1 Å². The molecule has 0 atom stereocenters. The maximum absolute atomic E-state index is 14.0. The number of benzene rings is 1. The molecular formula is C14H16FN5O2. The van der Waals surface area contributed by atoms with Gasteiger partial charge in [-0.1, -0.05) is 6.07 Å². The molecule has 1 aromatic heterocycles. The highest BCUT2D eigenvalue weighted by Crippen LogP contribution is 2.14. The SMILES string of the molecule is CNC(=O)CNC(=O)NCc1ccc(-n2ccnc2)c(F)c1. The molecule has 0 aliphatic carbocycles. The van der Waals surface area contributed by atoms with Crippen molar-refractivity contribution < 1.29 is 14.0 Å². The first-order valence-corrected chi connectivity index (χ1v) is 6.59. The van der Waals surface area contributed by atoms with Crippen LogP contribution in [0.25, 0.3) is 5.69 Å². The van der Waals surface area contributed by atoms with Gasteiger partial charge in [-0.25, -0.2) is 14.2 Å². The van der Waals surface area contributed by atoms with Crippen LogP contribution < -0.4 is 16.0 Å². The van der Waals surface area contributed by atoms with Gasteiger partial charge in [0.1, 0.15) is 5.82 Å². The van der Waals surface area contributed by atoms with Gasteiger partial charge in [-0.15, -0.1) is 0 Å². The molecule has 3 N–H and O–H groups in total. The van der Waals surface area contributed by atoms with Crippen LogP contribution >= 0.6 is 0 Å². The summed E-state index contributed by atoms with van der Waals surface area (Å²) < 4.78 is 15.6. The molecule has 7 nitrogen and oxygen atoms in total. The van der Waals surface area contributed by atoms with Crippen molar-refractivity contribution in [2.24, 2.45) is 0 Å². The van der Waals surface area contributed by atoms with Crippen molar-refractivity contribution in [2.45, 2.75) is 6.54 Å². The van der Waals surface area contributed by atoms with E-state index in [9.17, 15) is 14.0 Å². The van der Waals surface area contributed by atoms with Crippen LogP contribution in [-0.4, -0.2) is 35.1 Å². The van der Waals surface area contributed by atoms with Crippen molar-refractivity contribution >= 4 is 11.9 Å². The molecule has 116 valence electrons. The maximum atomic E-state index is 14.0. The maximum Gasteiger partial charge on any atom is 0.315 e. The van der Waals surface area contributed by atoms with Crippen molar-refractivity contribution in [1.29, 1.82) is 0 Å². The van der Waals surface area contributed by atoms with Gasteiger partial charge in [0.15, 0.2) is 0 Å². The summed E-state index contributed by atoms with van der Waals surface area (Å²) in [5.41, 5.74) is 0.988. The molecule has 22 heavy (non-hydrogen) atoms. The van der Waals surface area contributed by atoms with Gasteiger partial charge in [0.05, 0.1) is 18.6 Å². The zero-order valence-corrected chi connectivity index (χ0v) is 12.0. The third-order valence-corrected chi connectivity index (χ3v) is 2.94. The van der Waals surface area contributed by atoms with Crippen LogP contribution in [0, 0.1) is 5.82 Å². The van der Waals surface area contributed by atoms with E-state index in [0.717, 1.165) is 0 Å². The molecule has 8 heteroatoms. The average molecular weight is 305 g/mol. The third-order valence-electron chi connectivity index (χ3n) is 2.94. The summed E-state index contributed by atoms with van der Waals surface area (Å²) in [5, 5.41) is 7.31. The third kappa shape index (κ3) is 4.05. The molecule has 1 heterocycles. The van der Waals surface area contributed by atoms with E-state index in [-0.39, 0.29) is 19.0 Å². The lowest BCUT2D eigenvalue weighted by Crippen LogP contribution is -2.40. The summed E-state index contributed by atoms with van der Waals surface area (Å²) in [6.07, 6.45) is 4.71. The number of rotatable bonds is 5. The van der Waals surface area contributed by atoms with E-state index in [1.807, 2.05) is 0 Å². The van der Waals surface area contributed by atoms with Crippen molar-refractivity contribution in [3.8, 4) is 5.69 Å². The minimum atomic E-state index is -0.498. The molecule has 0 saturated carbocycles. The zero-order chi connectivity index (χ0) is 15.9. The second-order valence-corrected chi connectivity index (χ2v) is 4.47. The number of nitrogens with zero attached hydrogens (tertiary/aromatic N) is 2. The van der Waals surface area contributed by atoms with Gasteiger partial charge in [-0.2, -0.15) is 0 Å². The normalized spacial score (nSPS) is 10.1. The number of carbonyl (C=O) groups is 2. The van der Waals surface area contributed by atoms with E-state index in [4.69, 9.17) is 0 Å². The Bertz CT molecular complexity index is 657. The summed E-state index contributed by atoms with van der Waals surface area (Å²) in [7, 11) is 1.48. The molecule has 0 unspecified atom stereocenters. The van der Waals surface area contributed by atoms with E-state index < -0.39 is 11.8 Å². The molecule has 0 radical (unpaired) electrons. The lowest BCUT2D eigenvalue weighted by atomic mass is 10.2. The highest BCUT2D eigenvalue weighted by Gasteiger charge is 2.07. The Morgan fingerprint density at radius 3 is 2.77 bits per heavy atom. The highest BCUT2D eigenvalue weighted by molar-refractivity contribution is 5.83. The summed E-state index contributed by atoms with van der Waals surface area (Å²) >= 11 is 0. The lowest BCUT2D eigenvalue weighted by molar-refractivity contribution is -0.119. The lowest BCUT2D eigenvalue weighted by Gasteiger charge is -2.09. The van der Waals surface area contributed by atoms with Crippen LogP contribution in [0.15, 0.2) is 36.9 Å². The Morgan fingerprint density at radius 2 is 2.14 bits per heavy atom. The second-order valence-electron chi connectivity index (χ2n) is 4.47. The van der Waals surface area contributed by atoms with Gasteiger partial charge in [0.2, 0.25) is 5.91 Å². The molecule has 1 aromatic carbocycles. The van der Waals surface area contributed by atoms with Gasteiger partial charge in [-0.05, 0) is 17.7 Å². The van der Waals surface area contributed by atoms with E-state index in [2.05, 4.69) is 20.9 Å².